The van der Waals surface area contributed by atoms with Gasteiger partial charge >= 0.3 is 13.8 Å². The van der Waals surface area contributed by atoms with E-state index in [1.807, 2.05) is 0 Å². The molecule has 0 rings (SSSR count). The van der Waals surface area contributed by atoms with Crippen molar-refractivity contribution in [2.45, 2.75) is 122 Å². The Morgan fingerprint density at radius 2 is 1.24 bits per heavy atom. The van der Waals surface area contributed by atoms with Crippen molar-refractivity contribution in [2.75, 3.05) is 26.4 Å². The first kappa shape index (κ1) is 32.5. The van der Waals surface area contributed by atoms with Crippen molar-refractivity contribution in [1.82, 2.24) is 0 Å². The average Bonchev–Trinajstić information content (AvgIpc) is 2.80. The third-order valence-corrected chi connectivity index (χ3v) is 6.46. The van der Waals surface area contributed by atoms with Gasteiger partial charge in [-0.05, 0) is 6.42 Å². The summed E-state index contributed by atoms with van der Waals surface area (Å²) in [7, 11) is -4.24. The van der Waals surface area contributed by atoms with E-state index in [1.54, 1.807) is 0 Å². The van der Waals surface area contributed by atoms with Crippen LogP contribution in [0.3, 0.4) is 0 Å². The van der Waals surface area contributed by atoms with Crippen LogP contribution in [0.1, 0.15) is 116 Å². The first-order valence-corrected chi connectivity index (χ1v) is 14.6. The van der Waals surface area contributed by atoms with Crippen molar-refractivity contribution in [3.05, 3.63) is 0 Å². The van der Waals surface area contributed by atoms with Crippen LogP contribution >= 0.6 is 7.82 Å². The van der Waals surface area contributed by atoms with E-state index < -0.39 is 20.5 Å². The van der Waals surface area contributed by atoms with Crippen LogP contribution in [0.5, 0.6) is 0 Å². The molecular formula is C24H50NO7P. The van der Waals surface area contributed by atoms with Gasteiger partial charge in [0, 0.05) is 13.0 Å². The zero-order valence-corrected chi connectivity index (χ0v) is 21.8. The van der Waals surface area contributed by atoms with Gasteiger partial charge in [-0.1, -0.05) is 103 Å². The number of nitrogens with two attached hydrogens (primary N) is 1. The molecule has 198 valence electrons. The minimum atomic E-state index is -4.24. The van der Waals surface area contributed by atoms with Crippen molar-refractivity contribution < 1.29 is 33.1 Å². The molecule has 0 aromatic carbocycles. The number of rotatable bonds is 25. The summed E-state index contributed by atoms with van der Waals surface area (Å²) in [5.74, 6) is -0.383. The van der Waals surface area contributed by atoms with Crippen molar-refractivity contribution in [3.63, 3.8) is 0 Å². The highest BCUT2D eigenvalue weighted by Gasteiger charge is 2.22. The Bertz CT molecular complexity index is 493. The summed E-state index contributed by atoms with van der Waals surface area (Å²) in [6.07, 6.45) is 19.5. The van der Waals surface area contributed by atoms with E-state index >= 15 is 0 Å². The number of phosphoric ester groups is 1. The lowest BCUT2D eigenvalue weighted by Gasteiger charge is -2.15. The van der Waals surface area contributed by atoms with Gasteiger partial charge in [0.25, 0.3) is 0 Å². The minimum absolute atomic E-state index is 0.0768. The second-order valence-electron chi connectivity index (χ2n) is 8.78. The van der Waals surface area contributed by atoms with Crippen LogP contribution in [0.15, 0.2) is 0 Å². The highest BCUT2D eigenvalue weighted by molar-refractivity contribution is 7.47. The Morgan fingerprint density at radius 1 is 0.788 bits per heavy atom. The van der Waals surface area contributed by atoms with E-state index in [1.165, 1.54) is 83.5 Å². The molecule has 0 radical (unpaired) electrons. The van der Waals surface area contributed by atoms with E-state index in [0.29, 0.717) is 6.42 Å². The monoisotopic (exact) mass is 495 g/mol. The first-order valence-electron chi connectivity index (χ1n) is 13.1. The Balaban J connectivity index is 3.40. The molecule has 0 saturated heterocycles. The summed E-state index contributed by atoms with van der Waals surface area (Å²) >= 11 is 0. The highest BCUT2D eigenvalue weighted by Crippen LogP contribution is 2.42. The van der Waals surface area contributed by atoms with Crippen LogP contribution < -0.4 is 5.73 Å². The Morgan fingerprint density at radius 3 is 1.70 bits per heavy atom. The predicted octanol–water partition coefficient (Wildman–Crippen LogP) is 5.63. The maximum Gasteiger partial charge on any atom is 0.472 e. The standard InChI is InChI=1S/C24H50NO7P/c1-2-3-4-5-6-7-8-9-10-11-12-13-14-15-16-17-18-24(27)30-21-23(26)22-32-33(28,29)31-20-19-25/h23,26H,2-22,25H2,1H3,(H,28,29). The predicted molar refractivity (Wildman–Crippen MR) is 132 cm³/mol. The third-order valence-electron chi connectivity index (χ3n) is 5.47. The molecule has 9 heteroatoms. The van der Waals surface area contributed by atoms with Crippen LogP contribution in [0.2, 0.25) is 0 Å². The van der Waals surface area contributed by atoms with E-state index in [2.05, 4.69) is 16.0 Å². The number of hydrogen-bond acceptors (Lipinski definition) is 7. The van der Waals surface area contributed by atoms with Crippen molar-refractivity contribution in [1.29, 1.82) is 0 Å². The SMILES string of the molecule is CCCCCCCCCCCCCCCCCCC(=O)OCC(O)COP(=O)(O)OCCN. The maximum absolute atomic E-state index is 11.7. The summed E-state index contributed by atoms with van der Waals surface area (Å²) in [6, 6.07) is 0. The van der Waals surface area contributed by atoms with Crippen molar-refractivity contribution in [2.24, 2.45) is 5.73 Å². The molecule has 4 N–H and O–H groups in total. The fourth-order valence-electron chi connectivity index (χ4n) is 3.51. The second kappa shape index (κ2) is 23.3. The highest BCUT2D eigenvalue weighted by atomic mass is 31.2. The molecule has 0 bridgehead atoms. The number of phosphoric acid groups is 1. The zero-order chi connectivity index (χ0) is 24.6. The summed E-state index contributed by atoms with van der Waals surface area (Å²) in [5, 5.41) is 9.68. The van der Waals surface area contributed by atoms with Gasteiger partial charge in [0.05, 0.1) is 13.2 Å². The lowest BCUT2D eigenvalue weighted by atomic mass is 10.0. The molecule has 0 fully saturated rings. The molecule has 0 spiro atoms. The van der Waals surface area contributed by atoms with Gasteiger partial charge in [-0.15, -0.1) is 0 Å². The third kappa shape index (κ3) is 24.4. The van der Waals surface area contributed by atoms with Crippen LogP contribution in [-0.4, -0.2) is 48.4 Å². The van der Waals surface area contributed by atoms with E-state index in [9.17, 15) is 19.4 Å². The van der Waals surface area contributed by atoms with Crippen molar-refractivity contribution >= 4 is 13.8 Å². The van der Waals surface area contributed by atoms with Gasteiger partial charge in [0.1, 0.15) is 12.7 Å². The largest absolute Gasteiger partial charge is 0.472 e. The quantitative estimate of drug-likeness (QED) is 0.0844. The molecule has 0 aromatic rings. The Labute approximate surface area is 201 Å². The number of ether oxygens (including phenoxy) is 1. The lowest BCUT2D eigenvalue weighted by Crippen LogP contribution is -2.23. The van der Waals surface area contributed by atoms with Gasteiger partial charge < -0.3 is 20.5 Å². The number of aliphatic hydroxyl groups excluding tert-OH is 1. The molecule has 0 aliphatic rings. The Kier molecular flexibility index (Phi) is 22.9. The van der Waals surface area contributed by atoms with E-state index in [0.717, 1.165) is 19.3 Å². The van der Waals surface area contributed by atoms with Gasteiger partial charge in [-0.2, -0.15) is 0 Å². The lowest BCUT2D eigenvalue weighted by molar-refractivity contribution is -0.147. The summed E-state index contributed by atoms with van der Waals surface area (Å²) < 4.78 is 25.6. The summed E-state index contributed by atoms with van der Waals surface area (Å²) in [5.41, 5.74) is 5.17. The molecule has 8 nitrogen and oxygen atoms in total. The van der Waals surface area contributed by atoms with Crippen LogP contribution in [0, 0.1) is 0 Å². The van der Waals surface area contributed by atoms with E-state index in [-0.39, 0.29) is 25.7 Å². The molecule has 0 amide bonds. The molecule has 0 heterocycles. The topological polar surface area (TPSA) is 128 Å². The number of aliphatic hydroxyl groups is 1. The zero-order valence-electron chi connectivity index (χ0n) is 20.9. The molecular weight excluding hydrogens is 445 g/mol. The second-order valence-corrected chi connectivity index (χ2v) is 10.2. The van der Waals surface area contributed by atoms with Gasteiger partial charge in [0.2, 0.25) is 0 Å². The first-order chi connectivity index (χ1) is 15.9. The Hall–Kier alpha value is -0.500. The number of unbranched alkanes of at least 4 members (excludes halogenated alkanes) is 15. The van der Waals surface area contributed by atoms with E-state index in [4.69, 9.17) is 10.5 Å². The smallest absolute Gasteiger partial charge is 0.463 e. The number of hydrogen-bond donors (Lipinski definition) is 3. The van der Waals surface area contributed by atoms with Crippen LogP contribution in [0.25, 0.3) is 0 Å². The number of carbonyl (C=O) groups excluding carboxylic acids is 1. The molecule has 0 aliphatic heterocycles. The normalized spacial score (nSPS) is 14.2. The fourth-order valence-corrected chi connectivity index (χ4v) is 4.28. The van der Waals surface area contributed by atoms with Gasteiger partial charge in [-0.3, -0.25) is 13.8 Å². The van der Waals surface area contributed by atoms with Crippen LogP contribution in [0.4, 0.5) is 0 Å². The van der Waals surface area contributed by atoms with Crippen LogP contribution in [-0.2, 0) is 23.1 Å². The average molecular weight is 496 g/mol. The number of esters is 1. The summed E-state index contributed by atoms with van der Waals surface area (Å²) in [4.78, 5) is 21.0. The summed E-state index contributed by atoms with van der Waals surface area (Å²) in [6.45, 7) is 1.46. The molecule has 0 aliphatic carbocycles. The molecule has 2 atom stereocenters. The molecule has 2 unspecified atom stereocenters. The minimum Gasteiger partial charge on any atom is -0.463 e. The maximum atomic E-state index is 11.7. The van der Waals surface area contributed by atoms with Gasteiger partial charge in [0.15, 0.2) is 0 Å². The molecule has 0 saturated carbocycles. The van der Waals surface area contributed by atoms with Gasteiger partial charge in [-0.25, -0.2) is 4.57 Å². The van der Waals surface area contributed by atoms with Crippen molar-refractivity contribution in [3.8, 4) is 0 Å². The molecule has 33 heavy (non-hydrogen) atoms. The fraction of sp³-hybridized carbons (Fsp3) is 0.958. The molecule has 0 aromatic heterocycles. The number of carbonyl (C=O) groups is 1.